The Bertz CT molecular complexity index is 800. The maximum atomic E-state index is 12.4. The Hall–Kier alpha value is -2.70. The maximum Gasteiger partial charge on any atom is 0.317 e. The largest absolute Gasteiger partial charge is 0.480 e. The van der Waals surface area contributed by atoms with Crippen LogP contribution in [0.2, 0.25) is 0 Å². The highest BCUT2D eigenvalue weighted by Crippen LogP contribution is 2.21. The number of amides is 1. The lowest BCUT2D eigenvalue weighted by atomic mass is 10.0. The first-order valence-corrected chi connectivity index (χ1v) is 10.2. The van der Waals surface area contributed by atoms with Crippen LogP contribution in [0.3, 0.4) is 0 Å². The Kier molecular flexibility index (Phi) is 7.38. The summed E-state index contributed by atoms with van der Waals surface area (Å²) in [5.41, 5.74) is 3.06. The Labute approximate surface area is 172 Å². The number of hydrogen-bond acceptors (Lipinski definition) is 4. The highest BCUT2D eigenvalue weighted by molar-refractivity contribution is 5.92. The third-order valence-electron chi connectivity index (χ3n) is 5.46. The summed E-state index contributed by atoms with van der Waals surface area (Å²) >= 11 is 0. The molecule has 0 radical (unpaired) electrons. The van der Waals surface area contributed by atoms with Gasteiger partial charge in [-0.1, -0.05) is 49.4 Å². The molecule has 1 heterocycles. The number of rotatable bonds is 8. The van der Waals surface area contributed by atoms with Gasteiger partial charge in [0, 0.05) is 24.8 Å². The molecule has 1 aliphatic rings. The fourth-order valence-corrected chi connectivity index (χ4v) is 3.90. The molecule has 0 aromatic heterocycles. The summed E-state index contributed by atoms with van der Waals surface area (Å²) in [6, 6.07) is 18.3. The van der Waals surface area contributed by atoms with E-state index in [2.05, 4.69) is 22.3 Å². The van der Waals surface area contributed by atoms with Crippen molar-refractivity contribution in [1.29, 1.82) is 0 Å². The number of nitrogens with zero attached hydrogens (tertiary/aromatic N) is 2. The second-order valence-electron chi connectivity index (χ2n) is 7.46. The molecular formula is C23H29N3O3. The lowest BCUT2D eigenvalue weighted by molar-refractivity contribution is -0.139. The fraction of sp³-hybridized carbons (Fsp3) is 0.391. The molecule has 1 saturated heterocycles. The first-order chi connectivity index (χ1) is 14.0. The Balaban J connectivity index is 1.46. The quantitative estimate of drug-likeness (QED) is 0.718. The van der Waals surface area contributed by atoms with E-state index in [9.17, 15) is 9.59 Å². The number of carbonyl (C=O) groups is 2. The molecule has 1 fully saturated rings. The number of aliphatic carboxylic acids is 1. The second kappa shape index (κ2) is 10.2. The fourth-order valence-electron chi connectivity index (χ4n) is 3.90. The van der Waals surface area contributed by atoms with Gasteiger partial charge in [0.15, 0.2) is 0 Å². The first-order valence-electron chi connectivity index (χ1n) is 10.2. The van der Waals surface area contributed by atoms with E-state index in [1.807, 2.05) is 54.3 Å². The number of nitrogens with one attached hydrogen (secondary N) is 1. The first kappa shape index (κ1) is 21.0. The van der Waals surface area contributed by atoms with Crippen LogP contribution in [-0.2, 0) is 9.59 Å². The van der Waals surface area contributed by atoms with Crippen molar-refractivity contribution in [2.45, 2.75) is 25.8 Å². The minimum atomic E-state index is -0.785. The monoisotopic (exact) mass is 395 g/mol. The van der Waals surface area contributed by atoms with E-state index in [4.69, 9.17) is 5.11 Å². The van der Waals surface area contributed by atoms with E-state index in [0.717, 1.165) is 49.3 Å². The predicted octanol–water partition coefficient (Wildman–Crippen LogP) is 3.16. The van der Waals surface area contributed by atoms with E-state index in [0.29, 0.717) is 6.54 Å². The van der Waals surface area contributed by atoms with Crippen LogP contribution in [0.25, 0.3) is 11.1 Å². The van der Waals surface area contributed by atoms with Crippen molar-refractivity contribution in [2.24, 2.45) is 0 Å². The van der Waals surface area contributed by atoms with E-state index in [-0.39, 0.29) is 18.5 Å². The van der Waals surface area contributed by atoms with E-state index < -0.39 is 5.97 Å². The van der Waals surface area contributed by atoms with Gasteiger partial charge in [-0.05, 0) is 42.6 Å². The van der Waals surface area contributed by atoms with Gasteiger partial charge in [0.25, 0.3) is 0 Å². The number of carboxylic acids is 1. The minimum Gasteiger partial charge on any atom is -0.480 e. The molecule has 0 saturated carbocycles. The van der Waals surface area contributed by atoms with Crippen molar-refractivity contribution in [3.05, 3.63) is 54.6 Å². The molecule has 6 heteroatoms. The van der Waals surface area contributed by atoms with Crippen molar-refractivity contribution in [3.63, 3.8) is 0 Å². The van der Waals surface area contributed by atoms with Gasteiger partial charge in [-0.3, -0.25) is 19.4 Å². The molecule has 0 unspecified atom stereocenters. The van der Waals surface area contributed by atoms with Gasteiger partial charge in [-0.25, -0.2) is 0 Å². The highest BCUT2D eigenvalue weighted by Gasteiger charge is 2.25. The zero-order chi connectivity index (χ0) is 20.6. The normalized spacial score (nSPS) is 15.4. The summed E-state index contributed by atoms with van der Waals surface area (Å²) < 4.78 is 0. The van der Waals surface area contributed by atoms with Crippen LogP contribution in [0, 0.1) is 0 Å². The maximum absolute atomic E-state index is 12.4. The number of benzene rings is 2. The molecule has 2 N–H and O–H groups in total. The van der Waals surface area contributed by atoms with Gasteiger partial charge in [-0.2, -0.15) is 0 Å². The zero-order valence-electron chi connectivity index (χ0n) is 16.9. The summed E-state index contributed by atoms with van der Waals surface area (Å²) in [7, 11) is 0. The molecule has 3 rings (SSSR count). The summed E-state index contributed by atoms with van der Waals surface area (Å²) in [6.07, 6.45) is 1.78. The van der Waals surface area contributed by atoms with Crippen LogP contribution >= 0.6 is 0 Å². The van der Waals surface area contributed by atoms with Crippen LogP contribution in [0.5, 0.6) is 0 Å². The molecule has 2 aromatic carbocycles. The van der Waals surface area contributed by atoms with Crippen LogP contribution in [-0.4, -0.2) is 65.5 Å². The van der Waals surface area contributed by atoms with Gasteiger partial charge in [0.2, 0.25) is 5.91 Å². The predicted molar refractivity (Wildman–Crippen MR) is 115 cm³/mol. The third kappa shape index (κ3) is 6.14. The topological polar surface area (TPSA) is 72.9 Å². The van der Waals surface area contributed by atoms with Crippen LogP contribution in [0.4, 0.5) is 5.69 Å². The standard InChI is InChI=1S/C23H29N3O3/c1-2-26(17-23(28)29)21-12-14-25(15-13-21)16-22(27)24-20-10-8-19(9-11-20)18-6-4-3-5-7-18/h3-11,21H,2,12-17H2,1H3,(H,24,27)(H,28,29). The zero-order valence-corrected chi connectivity index (χ0v) is 16.9. The molecule has 29 heavy (non-hydrogen) atoms. The van der Waals surface area contributed by atoms with Crippen molar-refractivity contribution >= 4 is 17.6 Å². The van der Waals surface area contributed by atoms with Gasteiger partial charge < -0.3 is 10.4 Å². The number of piperidine rings is 1. The molecule has 0 atom stereocenters. The lowest BCUT2D eigenvalue weighted by Crippen LogP contribution is -2.48. The molecule has 1 amide bonds. The molecule has 0 spiro atoms. The van der Waals surface area contributed by atoms with Gasteiger partial charge >= 0.3 is 5.97 Å². The molecule has 0 aliphatic carbocycles. The smallest absolute Gasteiger partial charge is 0.317 e. The highest BCUT2D eigenvalue weighted by atomic mass is 16.4. The molecular weight excluding hydrogens is 366 g/mol. The molecule has 2 aromatic rings. The molecule has 1 aliphatic heterocycles. The van der Waals surface area contributed by atoms with Gasteiger partial charge in [-0.15, -0.1) is 0 Å². The molecule has 6 nitrogen and oxygen atoms in total. The average Bonchev–Trinajstić information content (AvgIpc) is 2.73. The van der Waals surface area contributed by atoms with E-state index >= 15 is 0 Å². The van der Waals surface area contributed by atoms with Crippen molar-refractivity contribution in [3.8, 4) is 11.1 Å². The third-order valence-corrected chi connectivity index (χ3v) is 5.46. The number of likely N-dealkylation sites (tertiary alicyclic amines) is 1. The van der Waals surface area contributed by atoms with Crippen LogP contribution in [0.1, 0.15) is 19.8 Å². The summed E-state index contributed by atoms with van der Waals surface area (Å²) in [6.45, 7) is 4.78. The number of carbonyl (C=O) groups excluding carboxylic acids is 1. The van der Waals surface area contributed by atoms with Crippen molar-refractivity contribution in [2.75, 3.05) is 38.0 Å². The van der Waals surface area contributed by atoms with Gasteiger partial charge in [0.1, 0.15) is 0 Å². The average molecular weight is 396 g/mol. The Morgan fingerprint density at radius 3 is 2.24 bits per heavy atom. The number of anilines is 1. The SMILES string of the molecule is CCN(CC(=O)O)C1CCN(CC(=O)Nc2ccc(-c3ccccc3)cc2)CC1. The van der Waals surface area contributed by atoms with Crippen LogP contribution in [0.15, 0.2) is 54.6 Å². The minimum absolute atomic E-state index is 0.0196. The van der Waals surface area contributed by atoms with Crippen molar-refractivity contribution < 1.29 is 14.7 Å². The number of hydrogen-bond donors (Lipinski definition) is 2. The van der Waals surface area contributed by atoms with Crippen LogP contribution < -0.4 is 5.32 Å². The Morgan fingerprint density at radius 1 is 1.03 bits per heavy atom. The molecule has 0 bridgehead atoms. The number of carboxylic acid groups (broad SMARTS) is 1. The number of likely N-dealkylation sites (N-methyl/N-ethyl adjacent to an activating group) is 1. The molecule has 154 valence electrons. The van der Waals surface area contributed by atoms with Crippen molar-refractivity contribution in [1.82, 2.24) is 9.80 Å². The summed E-state index contributed by atoms with van der Waals surface area (Å²) in [5.74, 6) is -0.805. The lowest BCUT2D eigenvalue weighted by Gasteiger charge is -2.37. The van der Waals surface area contributed by atoms with E-state index in [1.165, 1.54) is 0 Å². The summed E-state index contributed by atoms with van der Waals surface area (Å²) in [4.78, 5) is 27.5. The summed E-state index contributed by atoms with van der Waals surface area (Å²) in [5, 5.41) is 12.0. The Morgan fingerprint density at radius 2 is 1.66 bits per heavy atom. The van der Waals surface area contributed by atoms with E-state index in [1.54, 1.807) is 0 Å². The second-order valence-corrected chi connectivity index (χ2v) is 7.46. The van der Waals surface area contributed by atoms with Gasteiger partial charge in [0.05, 0.1) is 13.1 Å².